The van der Waals surface area contributed by atoms with Gasteiger partial charge < -0.3 is 0 Å². The lowest BCUT2D eigenvalue weighted by atomic mass is 9.90. The second-order valence-electron chi connectivity index (χ2n) is 8.13. The van der Waals surface area contributed by atoms with Gasteiger partial charge in [0.05, 0.1) is 28.4 Å². The Kier molecular flexibility index (Phi) is 5.26. The third kappa shape index (κ3) is 3.60. The largest absolute Gasteiger partial charge is 0.295 e. The maximum absolute atomic E-state index is 13.7. The molecule has 0 aliphatic carbocycles. The third-order valence-corrected chi connectivity index (χ3v) is 6.95. The average molecular weight is 457 g/mol. The molecular weight excluding hydrogens is 432 g/mol. The van der Waals surface area contributed by atoms with E-state index in [9.17, 15) is 9.59 Å². The van der Waals surface area contributed by atoms with Gasteiger partial charge in [0, 0.05) is 21.1 Å². The number of thiophene rings is 1. The van der Waals surface area contributed by atoms with Crippen LogP contribution in [0.3, 0.4) is 0 Å². The van der Waals surface area contributed by atoms with Crippen LogP contribution in [0.4, 0.5) is 0 Å². The molecule has 0 atom stereocenters. The molecule has 0 aliphatic heterocycles. The minimum Gasteiger partial charge on any atom is -0.295 e. The molecule has 6 nitrogen and oxygen atoms in total. The minimum absolute atomic E-state index is 0.152. The summed E-state index contributed by atoms with van der Waals surface area (Å²) in [5.41, 5.74) is 3.86. The highest BCUT2D eigenvalue weighted by Gasteiger charge is 2.31. The quantitative estimate of drug-likeness (QED) is 0.398. The molecule has 2 N–H and O–H groups in total. The lowest BCUT2D eigenvalue weighted by molar-refractivity contribution is 0.831. The van der Waals surface area contributed by atoms with E-state index in [0.717, 1.165) is 32.5 Å². The van der Waals surface area contributed by atoms with Crippen molar-refractivity contribution in [1.29, 1.82) is 0 Å². The van der Waals surface area contributed by atoms with E-state index in [-0.39, 0.29) is 11.1 Å². The van der Waals surface area contributed by atoms with Crippen LogP contribution in [0.5, 0.6) is 0 Å². The number of nitrogens with zero attached hydrogens (tertiary/aromatic N) is 2. The smallest absolute Gasteiger partial charge is 0.275 e. The van der Waals surface area contributed by atoms with Crippen molar-refractivity contribution in [2.45, 2.75) is 26.7 Å². The highest BCUT2D eigenvalue weighted by molar-refractivity contribution is 7.12. The topological polar surface area (TPSA) is 75.6 Å². The van der Waals surface area contributed by atoms with E-state index >= 15 is 0 Å². The summed E-state index contributed by atoms with van der Waals surface area (Å²) in [5, 5.41) is 6.45. The number of H-pyrrole nitrogens is 2. The molecule has 5 aromatic rings. The van der Waals surface area contributed by atoms with Crippen molar-refractivity contribution in [2.75, 3.05) is 0 Å². The highest BCUT2D eigenvalue weighted by Crippen LogP contribution is 2.36. The predicted octanol–water partition coefficient (Wildman–Crippen LogP) is 4.81. The van der Waals surface area contributed by atoms with Gasteiger partial charge >= 0.3 is 0 Å². The maximum atomic E-state index is 13.7. The molecular formula is C26H24N4O2S. The van der Waals surface area contributed by atoms with E-state index in [1.807, 2.05) is 93.6 Å². The first-order valence-electron chi connectivity index (χ1n) is 10.8. The molecule has 0 aliphatic rings. The Balaban J connectivity index is 1.76. The molecule has 0 fully saturated rings. The Morgan fingerprint density at radius 2 is 1.12 bits per heavy atom. The standard InChI is InChI=1S/C26H24N4O2S/c1-16-14-15-21(33-16)24(22-17(2)27-29(25(22)31)19-10-6-4-7-11-19)23-18(3)28-30(26(23)32)20-12-8-5-9-13-20/h4-15,24,27-28H,1-3H3. The summed E-state index contributed by atoms with van der Waals surface area (Å²) in [6.07, 6.45) is 0. The SMILES string of the molecule is Cc1ccc(C(c2c(C)[nH]n(-c3ccccc3)c2=O)c2c(C)[nH]n(-c3ccccc3)c2=O)s1. The first kappa shape index (κ1) is 21.0. The number of hydrogen-bond donors (Lipinski definition) is 2. The number of hydrogen-bond acceptors (Lipinski definition) is 3. The average Bonchev–Trinajstić information content (AvgIpc) is 3.47. The molecule has 0 amide bonds. The van der Waals surface area contributed by atoms with Crippen LogP contribution >= 0.6 is 11.3 Å². The second kappa shape index (κ2) is 8.26. The zero-order chi connectivity index (χ0) is 23.1. The van der Waals surface area contributed by atoms with Gasteiger partial charge in [-0.2, -0.15) is 0 Å². The van der Waals surface area contributed by atoms with Gasteiger partial charge in [-0.15, -0.1) is 11.3 Å². The van der Waals surface area contributed by atoms with Gasteiger partial charge in [-0.3, -0.25) is 19.8 Å². The highest BCUT2D eigenvalue weighted by atomic mass is 32.1. The summed E-state index contributed by atoms with van der Waals surface area (Å²) in [4.78, 5) is 29.5. The number of nitrogens with one attached hydrogen (secondary N) is 2. The predicted molar refractivity (Wildman–Crippen MR) is 132 cm³/mol. The van der Waals surface area contributed by atoms with Crippen molar-refractivity contribution < 1.29 is 0 Å². The van der Waals surface area contributed by atoms with Crippen molar-refractivity contribution in [3.63, 3.8) is 0 Å². The van der Waals surface area contributed by atoms with Crippen LogP contribution in [-0.2, 0) is 0 Å². The van der Waals surface area contributed by atoms with Gasteiger partial charge in [-0.25, -0.2) is 9.36 Å². The fraction of sp³-hybridized carbons (Fsp3) is 0.154. The number of benzene rings is 2. The number of aryl methyl sites for hydroxylation is 3. The Morgan fingerprint density at radius 3 is 1.52 bits per heavy atom. The molecule has 0 unspecified atom stereocenters. The van der Waals surface area contributed by atoms with Crippen molar-refractivity contribution >= 4 is 11.3 Å². The normalized spacial score (nSPS) is 11.4. The van der Waals surface area contributed by atoms with Gasteiger partial charge in [-0.1, -0.05) is 36.4 Å². The van der Waals surface area contributed by atoms with Crippen molar-refractivity contribution in [3.05, 3.63) is 126 Å². The molecule has 166 valence electrons. The van der Waals surface area contributed by atoms with Crippen LogP contribution in [0, 0.1) is 20.8 Å². The lowest BCUT2D eigenvalue weighted by Crippen LogP contribution is -2.25. The molecule has 5 rings (SSSR count). The van der Waals surface area contributed by atoms with Gasteiger partial charge in [0.25, 0.3) is 11.1 Å². The van der Waals surface area contributed by atoms with Crippen molar-refractivity contribution in [2.24, 2.45) is 0 Å². The molecule has 0 radical (unpaired) electrons. The Labute approximate surface area is 194 Å². The molecule has 0 saturated carbocycles. The fourth-order valence-corrected chi connectivity index (χ4v) is 5.35. The number of rotatable bonds is 5. The Bertz CT molecular complexity index is 1440. The number of para-hydroxylation sites is 2. The molecule has 7 heteroatoms. The summed E-state index contributed by atoms with van der Waals surface area (Å²) >= 11 is 1.61. The van der Waals surface area contributed by atoms with Crippen molar-refractivity contribution in [3.8, 4) is 11.4 Å². The Morgan fingerprint density at radius 1 is 0.667 bits per heavy atom. The van der Waals surface area contributed by atoms with Crippen molar-refractivity contribution in [1.82, 2.24) is 19.6 Å². The van der Waals surface area contributed by atoms with E-state index in [0.29, 0.717) is 11.1 Å². The zero-order valence-corrected chi connectivity index (χ0v) is 19.4. The molecule has 3 heterocycles. The van der Waals surface area contributed by atoms with E-state index in [4.69, 9.17) is 0 Å². The Hall–Kier alpha value is -3.84. The zero-order valence-electron chi connectivity index (χ0n) is 18.6. The monoisotopic (exact) mass is 456 g/mol. The van der Waals surface area contributed by atoms with Crippen LogP contribution < -0.4 is 11.1 Å². The van der Waals surface area contributed by atoms with Gasteiger partial charge in [0.1, 0.15) is 0 Å². The van der Waals surface area contributed by atoms with E-state index in [1.165, 1.54) is 0 Å². The van der Waals surface area contributed by atoms with E-state index in [1.54, 1.807) is 20.7 Å². The van der Waals surface area contributed by atoms with Crippen LogP contribution in [0.1, 0.15) is 38.2 Å². The van der Waals surface area contributed by atoms with Crippen LogP contribution in [0.25, 0.3) is 11.4 Å². The number of aromatic amines is 2. The summed E-state index contributed by atoms with van der Waals surface area (Å²) < 4.78 is 3.10. The van der Waals surface area contributed by atoms with Gasteiger partial charge in [0.15, 0.2) is 0 Å². The fourth-order valence-electron chi connectivity index (χ4n) is 4.35. The summed E-state index contributed by atoms with van der Waals surface area (Å²) in [7, 11) is 0. The molecule has 0 spiro atoms. The minimum atomic E-state index is -0.480. The lowest BCUT2D eigenvalue weighted by Gasteiger charge is -2.13. The van der Waals surface area contributed by atoms with Crippen LogP contribution in [0.15, 0.2) is 82.4 Å². The molecule has 0 bridgehead atoms. The van der Waals surface area contributed by atoms with Gasteiger partial charge in [0.2, 0.25) is 0 Å². The maximum Gasteiger partial charge on any atom is 0.275 e. The van der Waals surface area contributed by atoms with E-state index in [2.05, 4.69) is 10.2 Å². The summed E-state index contributed by atoms with van der Waals surface area (Å²) in [6, 6.07) is 23.0. The summed E-state index contributed by atoms with van der Waals surface area (Å²) in [5.74, 6) is -0.480. The molecule has 33 heavy (non-hydrogen) atoms. The third-order valence-electron chi connectivity index (χ3n) is 5.89. The van der Waals surface area contributed by atoms with Crippen LogP contribution in [-0.4, -0.2) is 19.6 Å². The number of aromatic nitrogens is 4. The summed E-state index contributed by atoms with van der Waals surface area (Å²) in [6.45, 7) is 5.81. The molecule has 0 saturated heterocycles. The van der Waals surface area contributed by atoms with E-state index < -0.39 is 5.92 Å². The second-order valence-corrected chi connectivity index (χ2v) is 9.45. The molecule has 2 aromatic carbocycles. The molecule has 3 aromatic heterocycles. The first-order valence-corrected chi connectivity index (χ1v) is 11.6. The first-order chi connectivity index (χ1) is 16.0. The van der Waals surface area contributed by atoms with Gasteiger partial charge in [-0.05, 0) is 57.2 Å². The van der Waals surface area contributed by atoms with Crippen LogP contribution in [0.2, 0.25) is 0 Å².